The van der Waals surface area contributed by atoms with E-state index >= 15 is 0 Å². The highest BCUT2D eigenvalue weighted by Gasteiger charge is 2.25. The summed E-state index contributed by atoms with van der Waals surface area (Å²) >= 11 is 1.74. The number of carbonyl (C=O) groups is 1. The van der Waals surface area contributed by atoms with Crippen LogP contribution in [0.3, 0.4) is 0 Å². The Labute approximate surface area is 132 Å². The minimum absolute atomic E-state index is 0.128. The van der Waals surface area contributed by atoms with Gasteiger partial charge in [0.15, 0.2) is 0 Å². The number of hydrogen-bond donors (Lipinski definition) is 1. The smallest absolute Gasteiger partial charge is 0.239 e. The lowest BCUT2D eigenvalue weighted by atomic mass is 10.2. The van der Waals surface area contributed by atoms with E-state index in [1.54, 1.807) is 11.8 Å². The van der Waals surface area contributed by atoms with E-state index in [1.807, 2.05) is 11.2 Å². The Morgan fingerprint density at radius 2 is 2.19 bits per heavy atom. The average molecular weight is 315 g/mol. The summed E-state index contributed by atoms with van der Waals surface area (Å²) in [5.74, 6) is 1.08. The minimum Gasteiger partial charge on any atom is -0.377 e. The van der Waals surface area contributed by atoms with Gasteiger partial charge in [0.1, 0.15) is 0 Å². The molecule has 0 radical (unpaired) electrons. The number of rotatable bonds is 6. The molecular weight excluding hydrogens is 286 g/mol. The van der Waals surface area contributed by atoms with E-state index in [-0.39, 0.29) is 11.9 Å². The molecule has 0 aromatic heterocycles. The molecule has 2 aliphatic heterocycles. The third kappa shape index (κ3) is 5.43. The third-order valence-electron chi connectivity index (χ3n) is 4.34. The minimum atomic E-state index is -0.331. The van der Waals surface area contributed by atoms with E-state index in [0.29, 0.717) is 6.10 Å². The number of nitrogens with two attached hydrogens (primary N) is 1. The van der Waals surface area contributed by atoms with Crippen LogP contribution in [0.2, 0.25) is 0 Å². The molecule has 2 aliphatic rings. The molecular formula is C15H29N3O2S. The first-order valence-electron chi connectivity index (χ1n) is 8.08. The SMILES string of the molecule is CSCC[C@@H](N)C(=O)N1CCCN(CC2CCCO2)CC1. The summed E-state index contributed by atoms with van der Waals surface area (Å²) in [5, 5.41) is 0. The van der Waals surface area contributed by atoms with Gasteiger partial charge in [-0.05, 0) is 44.2 Å². The zero-order valence-corrected chi connectivity index (χ0v) is 13.9. The van der Waals surface area contributed by atoms with Gasteiger partial charge in [-0.15, -0.1) is 0 Å². The summed E-state index contributed by atoms with van der Waals surface area (Å²) in [4.78, 5) is 16.8. The summed E-state index contributed by atoms with van der Waals surface area (Å²) in [5.41, 5.74) is 6.01. The molecule has 2 heterocycles. The number of thioether (sulfide) groups is 1. The highest BCUT2D eigenvalue weighted by molar-refractivity contribution is 7.98. The number of nitrogens with zero attached hydrogens (tertiary/aromatic N) is 2. The van der Waals surface area contributed by atoms with Crippen molar-refractivity contribution in [1.29, 1.82) is 0 Å². The standard InChI is InChI=1S/C15H29N3O2S/c1-21-11-5-14(16)15(19)18-7-3-6-17(8-9-18)12-13-4-2-10-20-13/h13-14H,2-12,16H2,1H3/t13?,14-/m1/s1. The Morgan fingerprint density at radius 1 is 1.33 bits per heavy atom. The Balaban J connectivity index is 1.75. The van der Waals surface area contributed by atoms with Gasteiger partial charge in [-0.1, -0.05) is 0 Å². The molecule has 0 spiro atoms. The monoisotopic (exact) mass is 315 g/mol. The van der Waals surface area contributed by atoms with Crippen LogP contribution < -0.4 is 5.73 Å². The van der Waals surface area contributed by atoms with Crippen LogP contribution in [0.25, 0.3) is 0 Å². The third-order valence-corrected chi connectivity index (χ3v) is 4.98. The Bertz CT molecular complexity index is 324. The van der Waals surface area contributed by atoms with Crippen molar-refractivity contribution in [2.24, 2.45) is 5.73 Å². The highest BCUT2D eigenvalue weighted by atomic mass is 32.2. The fraction of sp³-hybridized carbons (Fsp3) is 0.933. The Hall–Kier alpha value is -0.300. The van der Waals surface area contributed by atoms with E-state index in [2.05, 4.69) is 4.90 Å². The molecule has 0 aromatic carbocycles. The molecule has 2 saturated heterocycles. The maximum atomic E-state index is 12.4. The Morgan fingerprint density at radius 3 is 2.90 bits per heavy atom. The average Bonchev–Trinajstić information content (AvgIpc) is 2.89. The summed E-state index contributed by atoms with van der Waals surface area (Å²) in [6, 6.07) is -0.331. The maximum absolute atomic E-state index is 12.4. The van der Waals surface area contributed by atoms with E-state index < -0.39 is 0 Å². The van der Waals surface area contributed by atoms with Crippen molar-refractivity contribution >= 4 is 17.7 Å². The van der Waals surface area contributed by atoms with Crippen LogP contribution >= 0.6 is 11.8 Å². The molecule has 2 atom stereocenters. The van der Waals surface area contributed by atoms with Crippen molar-refractivity contribution in [2.75, 3.05) is 51.3 Å². The van der Waals surface area contributed by atoms with Crippen molar-refractivity contribution in [2.45, 2.75) is 37.8 Å². The van der Waals surface area contributed by atoms with Gasteiger partial charge in [0.2, 0.25) is 5.91 Å². The van der Waals surface area contributed by atoms with Crippen molar-refractivity contribution < 1.29 is 9.53 Å². The van der Waals surface area contributed by atoms with Crippen molar-refractivity contribution in [3.63, 3.8) is 0 Å². The molecule has 1 amide bonds. The first-order valence-corrected chi connectivity index (χ1v) is 9.47. The second kappa shape index (κ2) is 8.98. The van der Waals surface area contributed by atoms with Gasteiger partial charge >= 0.3 is 0 Å². The first kappa shape index (κ1) is 17.1. The van der Waals surface area contributed by atoms with Crippen LogP contribution in [-0.4, -0.2) is 79.2 Å². The van der Waals surface area contributed by atoms with E-state index in [4.69, 9.17) is 10.5 Å². The molecule has 1 unspecified atom stereocenters. The summed E-state index contributed by atoms with van der Waals surface area (Å²) in [6.45, 7) is 5.57. The van der Waals surface area contributed by atoms with Gasteiger partial charge in [0.25, 0.3) is 0 Å². The largest absolute Gasteiger partial charge is 0.377 e. The second-order valence-electron chi connectivity index (χ2n) is 6.00. The van der Waals surface area contributed by atoms with Crippen LogP contribution in [0.15, 0.2) is 0 Å². The fourth-order valence-corrected chi connectivity index (χ4v) is 3.54. The van der Waals surface area contributed by atoms with E-state index in [9.17, 15) is 4.79 Å². The van der Waals surface area contributed by atoms with Gasteiger partial charge in [-0.25, -0.2) is 0 Å². The predicted octanol–water partition coefficient (Wildman–Crippen LogP) is 0.780. The van der Waals surface area contributed by atoms with Gasteiger partial charge in [-0.2, -0.15) is 11.8 Å². The number of carbonyl (C=O) groups excluding carboxylic acids is 1. The summed E-state index contributed by atoms with van der Waals surface area (Å²) in [6.07, 6.45) is 6.62. The molecule has 5 nitrogen and oxygen atoms in total. The zero-order chi connectivity index (χ0) is 15.1. The molecule has 6 heteroatoms. The molecule has 21 heavy (non-hydrogen) atoms. The number of ether oxygens (including phenoxy) is 1. The lowest BCUT2D eigenvalue weighted by Gasteiger charge is -2.25. The first-order chi connectivity index (χ1) is 10.2. The van der Waals surface area contributed by atoms with Gasteiger partial charge in [0.05, 0.1) is 12.1 Å². The Kier molecular flexibility index (Phi) is 7.29. The lowest BCUT2D eigenvalue weighted by molar-refractivity contribution is -0.132. The summed E-state index contributed by atoms with van der Waals surface area (Å²) < 4.78 is 5.71. The fourth-order valence-electron chi connectivity index (χ4n) is 3.05. The molecule has 0 saturated carbocycles. The quantitative estimate of drug-likeness (QED) is 0.785. The zero-order valence-electron chi connectivity index (χ0n) is 13.1. The van der Waals surface area contributed by atoms with Gasteiger partial charge < -0.3 is 15.4 Å². The molecule has 2 N–H and O–H groups in total. The predicted molar refractivity (Wildman–Crippen MR) is 87.6 cm³/mol. The van der Waals surface area contributed by atoms with Crippen LogP contribution in [-0.2, 0) is 9.53 Å². The molecule has 0 aliphatic carbocycles. The van der Waals surface area contributed by atoms with Gasteiger partial charge in [0, 0.05) is 32.8 Å². The number of hydrogen-bond acceptors (Lipinski definition) is 5. The molecule has 0 bridgehead atoms. The molecule has 122 valence electrons. The summed E-state index contributed by atoms with van der Waals surface area (Å²) in [7, 11) is 0. The maximum Gasteiger partial charge on any atom is 0.239 e. The lowest BCUT2D eigenvalue weighted by Crippen LogP contribution is -2.45. The molecule has 0 aromatic rings. The van der Waals surface area contributed by atoms with Crippen LogP contribution in [0.5, 0.6) is 0 Å². The number of amides is 1. The van der Waals surface area contributed by atoms with Crippen molar-refractivity contribution in [3.8, 4) is 0 Å². The topological polar surface area (TPSA) is 58.8 Å². The molecule has 2 fully saturated rings. The van der Waals surface area contributed by atoms with Crippen LogP contribution in [0.4, 0.5) is 0 Å². The van der Waals surface area contributed by atoms with E-state index in [1.165, 1.54) is 12.8 Å². The second-order valence-corrected chi connectivity index (χ2v) is 6.99. The van der Waals surface area contributed by atoms with E-state index in [0.717, 1.165) is 57.9 Å². The highest BCUT2D eigenvalue weighted by Crippen LogP contribution is 2.15. The van der Waals surface area contributed by atoms with Crippen molar-refractivity contribution in [1.82, 2.24) is 9.80 Å². The van der Waals surface area contributed by atoms with Crippen LogP contribution in [0.1, 0.15) is 25.7 Å². The molecule has 2 rings (SSSR count). The van der Waals surface area contributed by atoms with Crippen LogP contribution in [0, 0.1) is 0 Å². The van der Waals surface area contributed by atoms with Gasteiger partial charge in [-0.3, -0.25) is 9.69 Å². The normalized spacial score (nSPS) is 25.8. The van der Waals surface area contributed by atoms with Crippen molar-refractivity contribution in [3.05, 3.63) is 0 Å².